The van der Waals surface area contributed by atoms with E-state index in [1.165, 1.54) is 6.07 Å². The summed E-state index contributed by atoms with van der Waals surface area (Å²) in [5.41, 5.74) is 6.97. The number of halogens is 2. The zero-order chi connectivity index (χ0) is 14.7. The van der Waals surface area contributed by atoms with Gasteiger partial charge in [-0.1, -0.05) is 30.3 Å². The molecule has 1 aromatic heterocycles. The van der Waals surface area contributed by atoms with Crippen molar-refractivity contribution < 1.29 is 9.13 Å². The molecule has 0 aliphatic heterocycles. The molecule has 2 rings (SSSR count). The molecule has 1 atom stereocenters. The van der Waals surface area contributed by atoms with Crippen LogP contribution in [0.25, 0.3) is 6.08 Å². The van der Waals surface area contributed by atoms with Crippen molar-refractivity contribution in [3.05, 3.63) is 59.0 Å². The van der Waals surface area contributed by atoms with Gasteiger partial charge in [0, 0.05) is 11.8 Å². The monoisotopic (exact) mass is 292 g/mol. The number of rotatable bonds is 4. The van der Waals surface area contributed by atoms with Gasteiger partial charge in [-0.3, -0.25) is 0 Å². The van der Waals surface area contributed by atoms with E-state index < -0.39 is 11.9 Å². The molecule has 20 heavy (non-hydrogen) atoms. The van der Waals surface area contributed by atoms with Crippen molar-refractivity contribution in [1.29, 1.82) is 0 Å². The van der Waals surface area contributed by atoms with Crippen molar-refractivity contribution in [3.63, 3.8) is 0 Å². The van der Waals surface area contributed by atoms with E-state index in [1.807, 2.05) is 0 Å². The van der Waals surface area contributed by atoms with E-state index in [0.29, 0.717) is 16.9 Å². The zero-order valence-electron chi connectivity index (χ0n) is 10.9. The quantitative estimate of drug-likeness (QED) is 0.917. The summed E-state index contributed by atoms with van der Waals surface area (Å²) in [5.74, 6) is 0.198. The third-order valence-electron chi connectivity index (χ3n) is 2.90. The minimum Gasteiger partial charge on any atom is -0.482 e. The first-order chi connectivity index (χ1) is 9.54. The molecule has 0 saturated carbocycles. The summed E-state index contributed by atoms with van der Waals surface area (Å²) in [6.45, 7) is 5.46. The Kier molecular flexibility index (Phi) is 4.25. The molecule has 3 nitrogen and oxygen atoms in total. The third-order valence-corrected chi connectivity index (χ3v) is 3.28. The average Bonchev–Trinajstić information content (AvgIpc) is 2.44. The van der Waals surface area contributed by atoms with Crippen LogP contribution in [0.1, 0.15) is 24.2 Å². The highest BCUT2D eigenvalue weighted by atomic mass is 35.5. The summed E-state index contributed by atoms with van der Waals surface area (Å²) in [7, 11) is 0. The fourth-order valence-corrected chi connectivity index (χ4v) is 2.25. The van der Waals surface area contributed by atoms with E-state index in [4.69, 9.17) is 22.1 Å². The zero-order valence-corrected chi connectivity index (χ0v) is 11.7. The van der Waals surface area contributed by atoms with Crippen molar-refractivity contribution in [3.8, 4) is 5.75 Å². The molecule has 1 aromatic carbocycles. The molecule has 0 saturated heterocycles. The minimum absolute atomic E-state index is 0.0253. The number of pyridine rings is 1. The maximum Gasteiger partial charge on any atom is 0.166 e. The third kappa shape index (κ3) is 2.75. The van der Waals surface area contributed by atoms with Crippen LogP contribution in [0.4, 0.5) is 10.2 Å². The summed E-state index contributed by atoms with van der Waals surface area (Å²) in [6, 6.07) is 6.31. The molecule has 2 N–H and O–H groups in total. The predicted molar refractivity (Wildman–Crippen MR) is 79.2 cm³/mol. The molecule has 0 spiro atoms. The van der Waals surface area contributed by atoms with Crippen LogP contribution in [-0.2, 0) is 0 Å². The van der Waals surface area contributed by atoms with Gasteiger partial charge >= 0.3 is 0 Å². The number of aromatic nitrogens is 1. The van der Waals surface area contributed by atoms with Crippen LogP contribution in [0.3, 0.4) is 0 Å². The number of hydrogen-bond acceptors (Lipinski definition) is 3. The number of nitrogen functional groups attached to an aromatic ring is 1. The summed E-state index contributed by atoms with van der Waals surface area (Å²) >= 11 is 6.03. The average molecular weight is 293 g/mol. The van der Waals surface area contributed by atoms with Gasteiger partial charge < -0.3 is 10.5 Å². The lowest BCUT2D eigenvalue weighted by Gasteiger charge is -2.19. The van der Waals surface area contributed by atoms with Crippen LogP contribution in [0.15, 0.2) is 37.0 Å². The van der Waals surface area contributed by atoms with Crippen LogP contribution in [-0.4, -0.2) is 4.98 Å². The summed E-state index contributed by atoms with van der Waals surface area (Å²) in [6.07, 6.45) is 2.68. The van der Waals surface area contributed by atoms with Gasteiger partial charge in [-0.25, -0.2) is 9.37 Å². The summed E-state index contributed by atoms with van der Waals surface area (Å²) < 4.78 is 19.3. The standard InChI is InChI=1S/C15H14ClFN2O/c1-3-10-6-7-11(17)14(16)13(10)9(2)20-12-5-4-8-19-15(12)18/h3-9H,1H2,2H3,(H2,18,19). The Labute approximate surface area is 121 Å². The van der Waals surface area contributed by atoms with Crippen LogP contribution >= 0.6 is 11.6 Å². The first-order valence-corrected chi connectivity index (χ1v) is 6.40. The van der Waals surface area contributed by atoms with Crippen LogP contribution in [0.5, 0.6) is 5.75 Å². The number of anilines is 1. The highest BCUT2D eigenvalue weighted by molar-refractivity contribution is 6.31. The lowest BCUT2D eigenvalue weighted by molar-refractivity contribution is 0.227. The van der Waals surface area contributed by atoms with Crippen LogP contribution in [0, 0.1) is 5.82 Å². The largest absolute Gasteiger partial charge is 0.482 e. The van der Waals surface area contributed by atoms with Crippen molar-refractivity contribution in [2.45, 2.75) is 13.0 Å². The highest BCUT2D eigenvalue weighted by Crippen LogP contribution is 2.33. The second-order valence-electron chi connectivity index (χ2n) is 4.22. The Morgan fingerprint density at radius 1 is 1.45 bits per heavy atom. The normalized spacial score (nSPS) is 11.9. The number of nitrogens with zero attached hydrogens (tertiary/aromatic N) is 1. The molecule has 0 aliphatic rings. The summed E-state index contributed by atoms with van der Waals surface area (Å²) in [5, 5.41) is 0.0253. The minimum atomic E-state index is -0.498. The molecule has 0 aliphatic carbocycles. The fraction of sp³-hybridized carbons (Fsp3) is 0.133. The molecule has 104 valence electrons. The lowest BCUT2D eigenvalue weighted by atomic mass is 10.0. The summed E-state index contributed by atoms with van der Waals surface area (Å²) in [4.78, 5) is 3.93. The molecule has 1 heterocycles. The fourth-order valence-electron chi connectivity index (χ4n) is 1.92. The molecule has 2 aromatic rings. The topological polar surface area (TPSA) is 48.1 Å². The van der Waals surface area contributed by atoms with Gasteiger partial charge in [0.2, 0.25) is 0 Å². The first kappa shape index (κ1) is 14.3. The molecule has 1 unspecified atom stereocenters. The van der Waals surface area contributed by atoms with E-state index in [9.17, 15) is 4.39 Å². The Morgan fingerprint density at radius 3 is 2.85 bits per heavy atom. The molecule has 0 bridgehead atoms. The van der Waals surface area contributed by atoms with Gasteiger partial charge in [-0.15, -0.1) is 0 Å². The molecule has 0 amide bonds. The maximum absolute atomic E-state index is 13.6. The van der Waals surface area contributed by atoms with Gasteiger partial charge in [-0.05, 0) is 30.7 Å². The Bertz CT molecular complexity index is 646. The van der Waals surface area contributed by atoms with E-state index >= 15 is 0 Å². The number of ether oxygens (including phenoxy) is 1. The molecule has 0 radical (unpaired) electrons. The van der Waals surface area contributed by atoms with Crippen molar-refractivity contribution in [2.24, 2.45) is 0 Å². The molecule has 5 heteroatoms. The van der Waals surface area contributed by atoms with Crippen molar-refractivity contribution >= 4 is 23.5 Å². The van der Waals surface area contributed by atoms with E-state index in [2.05, 4.69) is 11.6 Å². The van der Waals surface area contributed by atoms with Crippen LogP contribution in [0.2, 0.25) is 5.02 Å². The molecular formula is C15H14ClFN2O. The highest BCUT2D eigenvalue weighted by Gasteiger charge is 2.18. The van der Waals surface area contributed by atoms with Gasteiger partial charge in [0.1, 0.15) is 11.9 Å². The maximum atomic E-state index is 13.6. The molecule has 0 fully saturated rings. The Morgan fingerprint density at radius 2 is 2.20 bits per heavy atom. The van der Waals surface area contributed by atoms with Crippen LogP contribution < -0.4 is 10.5 Å². The number of nitrogens with two attached hydrogens (primary N) is 1. The smallest absolute Gasteiger partial charge is 0.166 e. The second kappa shape index (κ2) is 5.92. The van der Waals surface area contributed by atoms with Gasteiger partial charge in [-0.2, -0.15) is 0 Å². The van der Waals surface area contributed by atoms with E-state index in [1.54, 1.807) is 37.4 Å². The van der Waals surface area contributed by atoms with Gasteiger partial charge in [0.25, 0.3) is 0 Å². The van der Waals surface area contributed by atoms with Gasteiger partial charge in [0.15, 0.2) is 11.6 Å². The number of benzene rings is 1. The Hall–Kier alpha value is -2.07. The first-order valence-electron chi connectivity index (χ1n) is 6.02. The number of hydrogen-bond donors (Lipinski definition) is 1. The van der Waals surface area contributed by atoms with E-state index in [-0.39, 0.29) is 10.8 Å². The second-order valence-corrected chi connectivity index (χ2v) is 4.59. The van der Waals surface area contributed by atoms with E-state index in [0.717, 1.165) is 0 Å². The predicted octanol–water partition coefficient (Wildman–Crippen LogP) is 4.24. The molecular weight excluding hydrogens is 279 g/mol. The van der Waals surface area contributed by atoms with Gasteiger partial charge in [0.05, 0.1) is 5.02 Å². The van der Waals surface area contributed by atoms with Crippen molar-refractivity contribution in [2.75, 3.05) is 5.73 Å². The van der Waals surface area contributed by atoms with Crippen molar-refractivity contribution in [1.82, 2.24) is 4.98 Å². The SMILES string of the molecule is C=Cc1ccc(F)c(Cl)c1C(C)Oc1cccnc1N. The lowest BCUT2D eigenvalue weighted by Crippen LogP contribution is -2.08. The Balaban J connectivity index is 2.39.